The molecule has 3 aromatic heterocycles. The summed E-state index contributed by atoms with van der Waals surface area (Å²) in [5.74, 6) is 0.771. The lowest BCUT2D eigenvalue weighted by atomic mass is 10.3. The monoisotopic (exact) mass is 304 g/mol. The van der Waals surface area contributed by atoms with Gasteiger partial charge in [0.1, 0.15) is 0 Å². The number of aromatic nitrogens is 6. The molecule has 0 amide bonds. The molecule has 0 saturated heterocycles. The van der Waals surface area contributed by atoms with E-state index in [1.54, 1.807) is 17.1 Å². The van der Waals surface area contributed by atoms with E-state index in [0.29, 0.717) is 17.5 Å². The summed E-state index contributed by atoms with van der Waals surface area (Å²) in [5, 5.41) is 16.5. The Morgan fingerprint density at radius 2 is 1.61 bits per heavy atom. The molecule has 0 spiro atoms. The normalized spacial score (nSPS) is 10.8. The third-order valence-corrected chi connectivity index (χ3v) is 3.45. The minimum Gasteiger partial charge on any atom is -0.414 e. The summed E-state index contributed by atoms with van der Waals surface area (Å²) < 4.78 is 7.46. The first-order valence-corrected chi connectivity index (χ1v) is 7.05. The van der Waals surface area contributed by atoms with Crippen LogP contribution in [0.3, 0.4) is 0 Å². The highest BCUT2D eigenvalue weighted by atomic mass is 16.4. The van der Waals surface area contributed by atoms with Crippen LogP contribution < -0.4 is 0 Å². The van der Waals surface area contributed by atoms with Crippen molar-refractivity contribution in [3.05, 3.63) is 60.6 Å². The molecular formula is C16H12N6O. The Labute approximate surface area is 131 Å². The molecule has 0 aliphatic carbocycles. The van der Waals surface area contributed by atoms with Crippen LogP contribution in [0.1, 0.15) is 5.69 Å². The van der Waals surface area contributed by atoms with Crippen molar-refractivity contribution in [1.82, 2.24) is 30.2 Å². The molecule has 0 radical (unpaired) electrons. The van der Waals surface area contributed by atoms with E-state index in [1.807, 2.05) is 49.4 Å². The van der Waals surface area contributed by atoms with E-state index in [2.05, 4.69) is 25.5 Å². The second-order valence-corrected chi connectivity index (χ2v) is 4.92. The number of benzene rings is 1. The number of para-hydroxylation sites is 1. The molecule has 1 aromatic carbocycles. The van der Waals surface area contributed by atoms with Gasteiger partial charge in [-0.25, -0.2) is 4.68 Å². The Balaban J connectivity index is 1.73. The Morgan fingerprint density at radius 1 is 0.870 bits per heavy atom. The molecule has 23 heavy (non-hydrogen) atoms. The first-order valence-electron chi connectivity index (χ1n) is 7.05. The lowest BCUT2D eigenvalue weighted by Crippen LogP contribution is -1.98. The van der Waals surface area contributed by atoms with Gasteiger partial charge in [-0.1, -0.05) is 23.4 Å². The van der Waals surface area contributed by atoms with Crippen molar-refractivity contribution in [3.63, 3.8) is 0 Å². The first kappa shape index (κ1) is 13.3. The van der Waals surface area contributed by atoms with Gasteiger partial charge in [0.2, 0.25) is 5.89 Å². The molecule has 0 unspecified atom stereocenters. The second kappa shape index (κ2) is 5.45. The van der Waals surface area contributed by atoms with Crippen molar-refractivity contribution in [1.29, 1.82) is 0 Å². The van der Waals surface area contributed by atoms with Crippen LogP contribution in [0.5, 0.6) is 0 Å². The largest absolute Gasteiger partial charge is 0.414 e. The van der Waals surface area contributed by atoms with Crippen LogP contribution in [0.25, 0.3) is 28.7 Å². The Bertz CT molecular complexity index is 930. The van der Waals surface area contributed by atoms with Crippen LogP contribution in [0.4, 0.5) is 0 Å². The van der Waals surface area contributed by atoms with Gasteiger partial charge in [-0.05, 0) is 31.2 Å². The maximum Gasteiger partial charge on any atom is 0.270 e. The SMILES string of the molecule is Cc1c(-c2nnc(-c3ccncc3)o2)nnn1-c1ccccc1. The molecule has 0 bridgehead atoms. The zero-order chi connectivity index (χ0) is 15.6. The summed E-state index contributed by atoms with van der Waals surface area (Å²) in [5.41, 5.74) is 3.15. The summed E-state index contributed by atoms with van der Waals surface area (Å²) in [4.78, 5) is 3.97. The molecule has 112 valence electrons. The second-order valence-electron chi connectivity index (χ2n) is 4.92. The van der Waals surface area contributed by atoms with Crippen LogP contribution in [-0.4, -0.2) is 30.2 Å². The molecule has 7 heteroatoms. The van der Waals surface area contributed by atoms with E-state index in [-0.39, 0.29) is 0 Å². The molecule has 0 aliphatic rings. The molecule has 0 N–H and O–H groups in total. The molecule has 3 heterocycles. The summed E-state index contributed by atoms with van der Waals surface area (Å²) in [6.07, 6.45) is 3.35. The molecule has 4 rings (SSSR count). The minimum atomic E-state index is 0.344. The highest BCUT2D eigenvalue weighted by Crippen LogP contribution is 2.25. The van der Waals surface area contributed by atoms with E-state index >= 15 is 0 Å². The fraction of sp³-hybridized carbons (Fsp3) is 0.0625. The molecule has 7 nitrogen and oxygen atoms in total. The summed E-state index contributed by atoms with van der Waals surface area (Å²) >= 11 is 0. The van der Waals surface area contributed by atoms with Gasteiger partial charge in [0, 0.05) is 18.0 Å². The van der Waals surface area contributed by atoms with E-state index < -0.39 is 0 Å². The highest BCUT2D eigenvalue weighted by Gasteiger charge is 2.18. The molecular weight excluding hydrogens is 292 g/mol. The van der Waals surface area contributed by atoms with Crippen LogP contribution >= 0.6 is 0 Å². The number of nitrogens with zero attached hydrogens (tertiary/aromatic N) is 6. The molecule has 0 fully saturated rings. The van der Waals surface area contributed by atoms with Gasteiger partial charge in [0.05, 0.1) is 11.4 Å². The Hall–Kier alpha value is -3.35. The van der Waals surface area contributed by atoms with Crippen molar-refractivity contribution in [2.24, 2.45) is 0 Å². The average molecular weight is 304 g/mol. The van der Waals surface area contributed by atoms with E-state index in [9.17, 15) is 0 Å². The van der Waals surface area contributed by atoms with Crippen molar-refractivity contribution >= 4 is 0 Å². The third kappa shape index (κ3) is 2.38. The minimum absolute atomic E-state index is 0.344. The Morgan fingerprint density at radius 3 is 2.39 bits per heavy atom. The van der Waals surface area contributed by atoms with Gasteiger partial charge in [-0.15, -0.1) is 15.3 Å². The molecule has 4 aromatic rings. The van der Waals surface area contributed by atoms with E-state index in [4.69, 9.17) is 4.42 Å². The first-order chi connectivity index (χ1) is 11.3. The van der Waals surface area contributed by atoms with Crippen molar-refractivity contribution < 1.29 is 4.42 Å². The zero-order valence-electron chi connectivity index (χ0n) is 12.3. The zero-order valence-corrected chi connectivity index (χ0v) is 12.3. The summed E-state index contributed by atoms with van der Waals surface area (Å²) in [7, 11) is 0. The van der Waals surface area contributed by atoms with Crippen LogP contribution in [0.2, 0.25) is 0 Å². The number of hydrogen-bond acceptors (Lipinski definition) is 6. The van der Waals surface area contributed by atoms with Crippen molar-refractivity contribution in [2.75, 3.05) is 0 Å². The number of hydrogen-bond donors (Lipinski definition) is 0. The van der Waals surface area contributed by atoms with Gasteiger partial charge >= 0.3 is 0 Å². The Kier molecular flexibility index (Phi) is 3.16. The highest BCUT2D eigenvalue weighted by molar-refractivity contribution is 5.56. The van der Waals surface area contributed by atoms with Crippen LogP contribution in [0.15, 0.2) is 59.3 Å². The fourth-order valence-corrected chi connectivity index (χ4v) is 2.27. The average Bonchev–Trinajstić information content (AvgIpc) is 3.23. The van der Waals surface area contributed by atoms with Gasteiger partial charge < -0.3 is 4.42 Å². The van der Waals surface area contributed by atoms with E-state index in [0.717, 1.165) is 16.9 Å². The predicted molar refractivity (Wildman–Crippen MR) is 82.6 cm³/mol. The molecule has 0 atom stereocenters. The smallest absolute Gasteiger partial charge is 0.270 e. The lowest BCUT2D eigenvalue weighted by molar-refractivity contribution is 0.581. The third-order valence-electron chi connectivity index (χ3n) is 3.45. The van der Waals surface area contributed by atoms with Crippen LogP contribution in [0, 0.1) is 6.92 Å². The number of rotatable bonds is 3. The maximum atomic E-state index is 5.72. The molecule has 0 saturated carbocycles. The topological polar surface area (TPSA) is 82.5 Å². The van der Waals surface area contributed by atoms with Crippen molar-refractivity contribution in [2.45, 2.75) is 6.92 Å². The number of pyridine rings is 1. The van der Waals surface area contributed by atoms with Gasteiger partial charge in [-0.2, -0.15) is 0 Å². The van der Waals surface area contributed by atoms with Gasteiger partial charge in [0.15, 0.2) is 5.69 Å². The standard InChI is InChI=1S/C16H12N6O/c1-11-14(18-21-22(11)13-5-3-2-4-6-13)16-20-19-15(23-16)12-7-9-17-10-8-12/h2-10H,1H3. The maximum absolute atomic E-state index is 5.72. The van der Waals surface area contributed by atoms with Crippen LogP contribution in [-0.2, 0) is 0 Å². The van der Waals surface area contributed by atoms with Gasteiger partial charge in [0.25, 0.3) is 5.89 Å². The van der Waals surface area contributed by atoms with E-state index in [1.165, 1.54) is 0 Å². The summed E-state index contributed by atoms with van der Waals surface area (Å²) in [6, 6.07) is 13.4. The van der Waals surface area contributed by atoms with Crippen molar-refractivity contribution in [3.8, 4) is 28.7 Å². The fourth-order valence-electron chi connectivity index (χ4n) is 2.27. The molecule has 0 aliphatic heterocycles. The quantitative estimate of drug-likeness (QED) is 0.578. The lowest BCUT2D eigenvalue weighted by Gasteiger charge is -2.01. The predicted octanol–water partition coefficient (Wildman–Crippen LogP) is 2.69. The summed E-state index contributed by atoms with van der Waals surface area (Å²) in [6.45, 7) is 1.92. The van der Waals surface area contributed by atoms with Gasteiger partial charge in [-0.3, -0.25) is 4.98 Å².